The van der Waals surface area contributed by atoms with Crippen LogP contribution in [0.15, 0.2) is 47.5 Å². The predicted octanol–water partition coefficient (Wildman–Crippen LogP) is 4.84. The lowest BCUT2D eigenvalue weighted by molar-refractivity contribution is -0.192. The number of ether oxygens (including phenoxy) is 1. The molecule has 1 fully saturated rings. The number of aromatic nitrogens is 1. The molecule has 8 nitrogen and oxygen atoms in total. The Bertz CT molecular complexity index is 1180. The number of likely N-dealkylation sites (tertiary alicyclic amines) is 1. The minimum absolute atomic E-state index is 0.0198. The Morgan fingerprint density at radius 1 is 1.05 bits per heavy atom. The Kier molecular flexibility index (Phi) is 10.3. The first kappa shape index (κ1) is 31.1. The number of carbonyl (C=O) groups excluding carboxylic acids is 1. The summed E-state index contributed by atoms with van der Waals surface area (Å²) in [6.45, 7) is 8.49. The molecule has 1 N–H and O–H groups in total. The van der Waals surface area contributed by atoms with Crippen molar-refractivity contribution in [2.24, 2.45) is 11.3 Å². The van der Waals surface area contributed by atoms with Gasteiger partial charge in [-0.15, -0.1) is 0 Å². The van der Waals surface area contributed by atoms with Crippen molar-refractivity contribution in [3.8, 4) is 17.0 Å². The van der Waals surface area contributed by atoms with Crippen LogP contribution in [0, 0.1) is 11.3 Å². The molecule has 0 spiro atoms. The first-order chi connectivity index (χ1) is 17.5. The molecule has 1 amide bonds. The number of piperidine rings is 1. The van der Waals surface area contributed by atoms with E-state index in [1.54, 1.807) is 30.5 Å². The standard InChI is InChI=1S/C24H32N2O4S.C2HF3O2/c1-24(2,3)15-23(27)26-13-11-18(12-14-26)17-30-20-7-10-22(25-16-20)19-5-8-21(9-6-19)31(4,28)29;3-2(4,5)1(6)7/h5-10,16,18H,11-15,17H2,1-4H3;(H,6,7). The van der Waals surface area contributed by atoms with E-state index in [-0.39, 0.29) is 11.3 Å². The maximum absolute atomic E-state index is 12.4. The summed E-state index contributed by atoms with van der Waals surface area (Å²) in [5.41, 5.74) is 1.63. The van der Waals surface area contributed by atoms with Gasteiger partial charge in [0.2, 0.25) is 5.91 Å². The van der Waals surface area contributed by atoms with Crippen molar-refractivity contribution in [3.63, 3.8) is 0 Å². The molecule has 38 heavy (non-hydrogen) atoms. The summed E-state index contributed by atoms with van der Waals surface area (Å²) in [5.74, 6) is -1.37. The number of amides is 1. The molecule has 1 aromatic heterocycles. The fraction of sp³-hybridized carbons (Fsp3) is 0.500. The fourth-order valence-corrected chi connectivity index (χ4v) is 4.27. The van der Waals surface area contributed by atoms with Crippen molar-refractivity contribution in [1.82, 2.24) is 9.88 Å². The highest BCUT2D eigenvalue weighted by Gasteiger charge is 2.38. The largest absolute Gasteiger partial charge is 0.492 e. The number of nitrogens with zero attached hydrogens (tertiary/aromatic N) is 2. The van der Waals surface area contributed by atoms with Crippen LogP contribution in [0.2, 0.25) is 0 Å². The summed E-state index contributed by atoms with van der Waals surface area (Å²) < 4.78 is 60.8. The molecule has 12 heteroatoms. The Labute approximate surface area is 220 Å². The normalized spacial score (nSPS) is 14.9. The fourth-order valence-electron chi connectivity index (χ4n) is 3.64. The van der Waals surface area contributed by atoms with Crippen molar-refractivity contribution in [2.75, 3.05) is 26.0 Å². The monoisotopic (exact) mass is 558 g/mol. The third-order valence-corrected chi connectivity index (χ3v) is 6.82. The smallest absolute Gasteiger partial charge is 0.490 e. The van der Waals surface area contributed by atoms with Gasteiger partial charge in [0.1, 0.15) is 5.75 Å². The second kappa shape index (κ2) is 12.6. The molecule has 0 atom stereocenters. The van der Waals surface area contributed by atoms with Gasteiger partial charge in [0.05, 0.1) is 23.4 Å². The molecule has 1 saturated heterocycles. The first-order valence-corrected chi connectivity index (χ1v) is 13.8. The number of carboxylic acids is 1. The van der Waals surface area contributed by atoms with E-state index in [1.165, 1.54) is 6.26 Å². The van der Waals surface area contributed by atoms with Crippen molar-refractivity contribution < 1.29 is 41.0 Å². The van der Waals surface area contributed by atoms with Crippen LogP contribution in [0.5, 0.6) is 5.75 Å². The summed E-state index contributed by atoms with van der Waals surface area (Å²) >= 11 is 0. The third-order valence-electron chi connectivity index (χ3n) is 5.69. The zero-order valence-corrected chi connectivity index (χ0v) is 22.6. The molecule has 0 aliphatic carbocycles. The first-order valence-electron chi connectivity index (χ1n) is 11.9. The number of hydrogen-bond donors (Lipinski definition) is 1. The highest BCUT2D eigenvalue weighted by atomic mass is 32.2. The van der Waals surface area contributed by atoms with E-state index in [9.17, 15) is 26.4 Å². The van der Waals surface area contributed by atoms with Crippen molar-refractivity contribution in [2.45, 2.75) is 51.1 Å². The molecule has 2 heterocycles. The number of carboxylic acid groups (broad SMARTS) is 1. The van der Waals surface area contributed by atoms with Gasteiger partial charge in [-0.05, 0) is 48.4 Å². The maximum atomic E-state index is 12.4. The molecular formula is C26H33F3N2O6S. The number of hydrogen-bond acceptors (Lipinski definition) is 6. The van der Waals surface area contributed by atoms with E-state index in [2.05, 4.69) is 25.8 Å². The number of rotatable bonds is 6. The SMILES string of the molecule is CC(C)(C)CC(=O)N1CCC(COc2ccc(-c3ccc(S(C)(=O)=O)cc3)nc2)CC1.O=C(O)C(F)(F)F. The molecular weight excluding hydrogens is 525 g/mol. The minimum atomic E-state index is -5.08. The van der Waals surface area contributed by atoms with E-state index >= 15 is 0 Å². The zero-order valence-electron chi connectivity index (χ0n) is 21.8. The lowest BCUT2D eigenvalue weighted by Gasteiger charge is -2.33. The van der Waals surface area contributed by atoms with Crippen molar-refractivity contribution in [1.29, 1.82) is 0 Å². The highest BCUT2D eigenvalue weighted by molar-refractivity contribution is 7.90. The number of halogens is 3. The summed E-state index contributed by atoms with van der Waals surface area (Å²) in [7, 11) is -3.21. The van der Waals surface area contributed by atoms with E-state index < -0.39 is 22.0 Å². The Morgan fingerprint density at radius 3 is 2.03 bits per heavy atom. The van der Waals surface area contributed by atoms with E-state index in [0.29, 0.717) is 29.6 Å². The number of alkyl halides is 3. The summed E-state index contributed by atoms with van der Waals surface area (Å²) in [4.78, 5) is 28.0. The summed E-state index contributed by atoms with van der Waals surface area (Å²) in [6.07, 6.45) is 0.299. The predicted molar refractivity (Wildman–Crippen MR) is 135 cm³/mol. The molecule has 0 bridgehead atoms. The molecule has 3 rings (SSSR count). The van der Waals surface area contributed by atoms with Gasteiger partial charge in [-0.2, -0.15) is 13.2 Å². The van der Waals surface area contributed by atoms with Gasteiger partial charge in [0.15, 0.2) is 9.84 Å². The summed E-state index contributed by atoms with van der Waals surface area (Å²) in [5, 5.41) is 7.12. The van der Waals surface area contributed by atoms with Crippen LogP contribution in [0.4, 0.5) is 13.2 Å². The van der Waals surface area contributed by atoms with Gasteiger partial charge in [0, 0.05) is 31.3 Å². The highest BCUT2D eigenvalue weighted by Crippen LogP contribution is 2.25. The molecule has 1 aliphatic rings. The molecule has 1 aromatic carbocycles. The van der Waals surface area contributed by atoms with E-state index in [0.717, 1.165) is 37.2 Å². The van der Waals surface area contributed by atoms with Gasteiger partial charge in [-0.25, -0.2) is 13.2 Å². The Morgan fingerprint density at radius 2 is 1.61 bits per heavy atom. The van der Waals surface area contributed by atoms with Crippen LogP contribution in [-0.2, 0) is 19.4 Å². The van der Waals surface area contributed by atoms with Crippen LogP contribution >= 0.6 is 0 Å². The molecule has 1 aliphatic heterocycles. The third kappa shape index (κ3) is 10.3. The van der Waals surface area contributed by atoms with E-state index in [4.69, 9.17) is 14.6 Å². The number of aliphatic carboxylic acids is 1. The van der Waals surface area contributed by atoms with Crippen molar-refractivity contribution in [3.05, 3.63) is 42.6 Å². The minimum Gasteiger partial charge on any atom is -0.492 e. The summed E-state index contributed by atoms with van der Waals surface area (Å²) in [6, 6.07) is 10.5. The van der Waals surface area contributed by atoms with Crippen molar-refractivity contribution >= 4 is 21.7 Å². The van der Waals surface area contributed by atoms with Crippen LogP contribution in [0.3, 0.4) is 0 Å². The maximum Gasteiger partial charge on any atom is 0.490 e. The lowest BCUT2D eigenvalue weighted by Crippen LogP contribution is -2.40. The van der Waals surface area contributed by atoms with Gasteiger partial charge >= 0.3 is 12.1 Å². The Hall–Kier alpha value is -3.15. The average molecular weight is 559 g/mol. The second-order valence-electron chi connectivity index (χ2n) is 10.4. The molecule has 210 valence electrons. The van der Waals surface area contributed by atoms with Crippen LogP contribution in [0.25, 0.3) is 11.3 Å². The quantitative estimate of drug-likeness (QED) is 0.540. The molecule has 2 aromatic rings. The second-order valence-corrected chi connectivity index (χ2v) is 12.4. The van der Waals surface area contributed by atoms with Gasteiger partial charge in [-0.1, -0.05) is 32.9 Å². The van der Waals surface area contributed by atoms with Crippen LogP contribution in [-0.4, -0.2) is 67.4 Å². The number of sulfone groups is 1. The lowest BCUT2D eigenvalue weighted by atomic mass is 9.90. The molecule has 0 unspecified atom stereocenters. The number of benzene rings is 1. The van der Waals surface area contributed by atoms with E-state index in [1.807, 2.05) is 17.0 Å². The molecule has 0 radical (unpaired) electrons. The average Bonchev–Trinajstić information content (AvgIpc) is 2.82. The van der Waals surface area contributed by atoms with Gasteiger partial charge < -0.3 is 14.7 Å². The zero-order chi connectivity index (χ0) is 28.7. The number of carbonyl (C=O) groups is 2. The Balaban J connectivity index is 0.000000638. The molecule has 0 saturated carbocycles. The topological polar surface area (TPSA) is 114 Å². The number of pyridine rings is 1. The van der Waals surface area contributed by atoms with Gasteiger partial charge in [-0.3, -0.25) is 9.78 Å². The van der Waals surface area contributed by atoms with Gasteiger partial charge in [0.25, 0.3) is 0 Å². The van der Waals surface area contributed by atoms with Crippen LogP contribution < -0.4 is 4.74 Å². The van der Waals surface area contributed by atoms with Crippen LogP contribution in [0.1, 0.15) is 40.0 Å².